The van der Waals surface area contributed by atoms with Crippen LogP contribution in [0.25, 0.3) is 21.8 Å². The van der Waals surface area contributed by atoms with Gasteiger partial charge in [-0.3, -0.25) is 4.79 Å². The minimum Gasteiger partial charge on any atom is -0.462 e. The number of nitrogens with zero attached hydrogens (tertiary/aromatic N) is 2. The van der Waals surface area contributed by atoms with Crippen molar-refractivity contribution in [2.24, 2.45) is 0 Å². The van der Waals surface area contributed by atoms with E-state index in [-0.39, 0.29) is 47.6 Å². The molecule has 0 aliphatic carbocycles. The Morgan fingerprint density at radius 1 is 1.18 bits per heavy atom. The van der Waals surface area contributed by atoms with Crippen LogP contribution in [0.3, 0.4) is 0 Å². The number of terminal acetylenes is 1. The number of esters is 1. The molecular formula is C26H32N4O7S. The van der Waals surface area contributed by atoms with Gasteiger partial charge in [0.1, 0.15) is 11.1 Å². The van der Waals surface area contributed by atoms with E-state index in [1.807, 2.05) is 6.92 Å². The molecule has 1 amide bonds. The zero-order valence-electron chi connectivity index (χ0n) is 22.1. The standard InChI is InChI=1S/C26H32N4O7S/c1-7-11-30(13-12-29(6)25(33)37-26(3,4)5)38(34,35)17-9-10-20-18(15-17)21-19(24(32)36-14-8-2)16-27-22(21)23(31)28-20/h1,9-10,15-16,27H,8,11-14H2,2-6H3,(H,28,31). The molecule has 2 aromatic heterocycles. The van der Waals surface area contributed by atoms with Crippen molar-refractivity contribution in [3.63, 3.8) is 0 Å². The van der Waals surface area contributed by atoms with E-state index >= 15 is 0 Å². The molecule has 0 saturated heterocycles. The summed E-state index contributed by atoms with van der Waals surface area (Å²) in [6.45, 7) is 6.97. The van der Waals surface area contributed by atoms with Crippen LogP contribution in [-0.2, 0) is 19.5 Å². The topological polar surface area (TPSA) is 142 Å². The molecular weight excluding hydrogens is 512 g/mol. The first kappa shape index (κ1) is 28.7. The number of pyridine rings is 1. The minimum atomic E-state index is -4.13. The second-order valence-electron chi connectivity index (χ2n) is 9.69. The first-order valence-corrected chi connectivity index (χ1v) is 13.5. The van der Waals surface area contributed by atoms with Crippen LogP contribution in [0.2, 0.25) is 0 Å². The highest BCUT2D eigenvalue weighted by Gasteiger charge is 2.27. The number of carbonyl (C=O) groups excluding carboxylic acids is 2. The number of fused-ring (bicyclic) bond motifs is 3. The monoisotopic (exact) mass is 544 g/mol. The summed E-state index contributed by atoms with van der Waals surface area (Å²) < 4.78 is 38.8. The van der Waals surface area contributed by atoms with E-state index in [2.05, 4.69) is 15.9 Å². The fraction of sp³-hybridized carbons (Fsp3) is 0.423. The van der Waals surface area contributed by atoms with E-state index in [4.69, 9.17) is 15.9 Å². The van der Waals surface area contributed by atoms with Crippen molar-refractivity contribution in [2.75, 3.05) is 33.3 Å². The average Bonchev–Trinajstić information content (AvgIpc) is 3.30. The Bertz CT molecular complexity index is 1560. The van der Waals surface area contributed by atoms with Crippen LogP contribution in [0.15, 0.2) is 34.1 Å². The summed E-state index contributed by atoms with van der Waals surface area (Å²) in [5, 5.41) is 0.604. The van der Waals surface area contributed by atoms with Gasteiger partial charge < -0.3 is 24.3 Å². The molecule has 0 spiro atoms. The van der Waals surface area contributed by atoms with E-state index < -0.39 is 33.2 Å². The van der Waals surface area contributed by atoms with Crippen molar-refractivity contribution in [3.8, 4) is 12.3 Å². The molecule has 2 heterocycles. The third-order valence-corrected chi connectivity index (χ3v) is 7.41. The molecule has 1 aromatic carbocycles. The number of H-pyrrole nitrogens is 2. The van der Waals surface area contributed by atoms with Crippen molar-refractivity contribution in [3.05, 3.63) is 40.3 Å². The smallest absolute Gasteiger partial charge is 0.410 e. The lowest BCUT2D eigenvalue weighted by molar-refractivity contribution is 0.0293. The number of hydrogen-bond acceptors (Lipinski definition) is 7. The summed E-state index contributed by atoms with van der Waals surface area (Å²) in [5.74, 6) is 1.72. The number of benzene rings is 1. The van der Waals surface area contributed by atoms with Gasteiger partial charge in [0, 0.05) is 42.6 Å². The maximum Gasteiger partial charge on any atom is 0.410 e. The Balaban J connectivity index is 2.01. The number of rotatable bonds is 9. The van der Waals surface area contributed by atoms with Crippen LogP contribution in [0.4, 0.5) is 4.79 Å². The van der Waals surface area contributed by atoms with Crippen molar-refractivity contribution in [1.82, 2.24) is 19.2 Å². The molecule has 38 heavy (non-hydrogen) atoms. The van der Waals surface area contributed by atoms with Gasteiger partial charge in [-0.2, -0.15) is 4.31 Å². The van der Waals surface area contributed by atoms with Crippen molar-refractivity contribution < 1.29 is 27.5 Å². The van der Waals surface area contributed by atoms with Gasteiger partial charge in [0.05, 0.1) is 23.6 Å². The molecule has 0 aliphatic heterocycles. The molecule has 12 heteroatoms. The van der Waals surface area contributed by atoms with Crippen molar-refractivity contribution in [1.29, 1.82) is 0 Å². The number of aromatic nitrogens is 2. The number of likely N-dealkylation sites (N-methyl/N-ethyl adjacent to an activating group) is 1. The summed E-state index contributed by atoms with van der Waals surface area (Å²) in [7, 11) is -2.62. The van der Waals surface area contributed by atoms with Crippen LogP contribution in [0, 0.1) is 12.3 Å². The highest BCUT2D eigenvalue weighted by Crippen LogP contribution is 2.28. The molecule has 0 fully saturated rings. The summed E-state index contributed by atoms with van der Waals surface area (Å²) in [5.41, 5.74) is -0.572. The molecule has 0 radical (unpaired) electrons. The Kier molecular flexibility index (Phi) is 8.54. The fourth-order valence-corrected chi connectivity index (χ4v) is 5.10. The molecule has 11 nitrogen and oxygen atoms in total. The summed E-state index contributed by atoms with van der Waals surface area (Å²) in [4.78, 5) is 44.2. The van der Waals surface area contributed by atoms with E-state index in [9.17, 15) is 22.8 Å². The van der Waals surface area contributed by atoms with Crippen LogP contribution in [0.1, 0.15) is 44.5 Å². The minimum absolute atomic E-state index is 0.0339. The lowest BCUT2D eigenvalue weighted by atomic mass is 10.1. The van der Waals surface area contributed by atoms with Crippen LogP contribution < -0.4 is 5.56 Å². The van der Waals surface area contributed by atoms with E-state index in [0.29, 0.717) is 17.3 Å². The lowest BCUT2D eigenvalue weighted by Gasteiger charge is -2.27. The van der Waals surface area contributed by atoms with Crippen LogP contribution in [-0.4, -0.2) is 78.5 Å². The van der Waals surface area contributed by atoms with Crippen molar-refractivity contribution in [2.45, 2.75) is 44.6 Å². The number of ether oxygens (including phenoxy) is 2. The third kappa shape index (κ3) is 6.17. The number of carbonyl (C=O) groups is 2. The maximum atomic E-state index is 13.6. The number of hydrogen-bond donors (Lipinski definition) is 2. The first-order valence-electron chi connectivity index (χ1n) is 12.0. The Hall–Kier alpha value is -3.82. The predicted octanol–water partition coefficient (Wildman–Crippen LogP) is 3.07. The summed E-state index contributed by atoms with van der Waals surface area (Å²) >= 11 is 0. The fourth-order valence-electron chi connectivity index (χ4n) is 3.73. The molecule has 0 bridgehead atoms. The summed E-state index contributed by atoms with van der Waals surface area (Å²) in [6.07, 6.45) is 6.85. The van der Waals surface area contributed by atoms with Gasteiger partial charge in [-0.05, 0) is 45.4 Å². The first-order chi connectivity index (χ1) is 17.8. The molecule has 0 saturated carbocycles. The van der Waals surface area contributed by atoms with E-state index in [1.165, 1.54) is 36.3 Å². The number of sulfonamides is 1. The maximum absolute atomic E-state index is 13.6. The zero-order valence-corrected chi connectivity index (χ0v) is 22.9. The van der Waals surface area contributed by atoms with Crippen LogP contribution >= 0.6 is 0 Å². The molecule has 3 aromatic rings. The quantitative estimate of drug-likeness (QED) is 0.311. The lowest BCUT2D eigenvalue weighted by Crippen LogP contribution is -2.41. The number of aromatic amines is 2. The van der Waals surface area contributed by atoms with Gasteiger partial charge in [0.2, 0.25) is 10.0 Å². The van der Waals surface area contributed by atoms with Crippen LogP contribution in [0.5, 0.6) is 0 Å². The third-order valence-electron chi connectivity index (χ3n) is 5.57. The molecule has 0 atom stereocenters. The van der Waals surface area contributed by atoms with Gasteiger partial charge in [-0.15, -0.1) is 6.42 Å². The van der Waals surface area contributed by atoms with Gasteiger partial charge in [0.15, 0.2) is 0 Å². The molecule has 3 rings (SSSR count). The SMILES string of the molecule is C#CCN(CCN(C)C(=O)OC(C)(C)C)S(=O)(=O)c1ccc2[nH]c(=O)c3[nH]cc(C(=O)OCCC)c3c2c1. The highest BCUT2D eigenvalue weighted by atomic mass is 32.2. The second-order valence-corrected chi connectivity index (χ2v) is 11.6. The largest absolute Gasteiger partial charge is 0.462 e. The van der Waals surface area contributed by atoms with Crippen molar-refractivity contribution >= 4 is 43.9 Å². The molecule has 0 aliphatic rings. The summed E-state index contributed by atoms with van der Waals surface area (Å²) in [6, 6.07) is 4.19. The predicted molar refractivity (Wildman–Crippen MR) is 143 cm³/mol. The van der Waals surface area contributed by atoms with Gasteiger partial charge in [-0.1, -0.05) is 12.8 Å². The Morgan fingerprint density at radius 3 is 2.53 bits per heavy atom. The Labute approximate surface area is 221 Å². The molecule has 0 unspecified atom stereocenters. The number of amides is 1. The van der Waals surface area contributed by atoms with E-state index in [1.54, 1.807) is 20.8 Å². The van der Waals surface area contributed by atoms with Gasteiger partial charge in [-0.25, -0.2) is 18.0 Å². The normalized spacial score (nSPS) is 12.0. The van der Waals surface area contributed by atoms with Gasteiger partial charge >= 0.3 is 12.1 Å². The zero-order chi connectivity index (χ0) is 28.3. The number of nitrogens with one attached hydrogen (secondary N) is 2. The molecule has 2 N–H and O–H groups in total. The van der Waals surface area contributed by atoms with E-state index in [0.717, 1.165) is 4.31 Å². The highest BCUT2D eigenvalue weighted by molar-refractivity contribution is 7.89. The molecule has 204 valence electrons. The van der Waals surface area contributed by atoms with Gasteiger partial charge in [0.25, 0.3) is 5.56 Å². The Morgan fingerprint density at radius 2 is 1.89 bits per heavy atom. The second kappa shape index (κ2) is 11.3. The average molecular weight is 545 g/mol.